The molecule has 0 saturated heterocycles. The minimum absolute atomic E-state index is 0.113. The van der Waals surface area contributed by atoms with Gasteiger partial charge in [0, 0.05) is 10.2 Å². The third kappa shape index (κ3) is 3.32. The topological polar surface area (TPSA) is 78.4 Å². The second kappa shape index (κ2) is 5.62. The number of anilines is 1. The highest BCUT2D eigenvalue weighted by molar-refractivity contribution is 9.10. The predicted molar refractivity (Wildman–Crippen MR) is 63.7 cm³/mol. The van der Waals surface area contributed by atoms with Crippen LogP contribution in [0.15, 0.2) is 22.7 Å². The van der Waals surface area contributed by atoms with Crippen molar-refractivity contribution in [2.75, 3.05) is 18.9 Å². The van der Waals surface area contributed by atoms with Crippen molar-refractivity contribution in [1.82, 2.24) is 5.32 Å². The number of halogens is 1. The van der Waals surface area contributed by atoms with Gasteiger partial charge in [0.2, 0.25) is 5.91 Å². The van der Waals surface area contributed by atoms with Crippen LogP contribution < -0.4 is 10.6 Å². The summed E-state index contributed by atoms with van der Waals surface area (Å²) in [6.07, 6.45) is 0. The van der Waals surface area contributed by atoms with E-state index >= 15 is 0 Å². The van der Waals surface area contributed by atoms with Crippen LogP contribution in [0.1, 0.15) is 10.4 Å². The molecule has 0 heterocycles. The maximum absolute atomic E-state index is 11.2. The van der Waals surface area contributed by atoms with Crippen LogP contribution in [0.5, 0.6) is 0 Å². The molecule has 0 bridgehead atoms. The lowest BCUT2D eigenvalue weighted by molar-refractivity contribution is -0.115. The number of hydrogen-bond acceptors (Lipinski definition) is 3. The SMILES string of the molecule is CNCC(=O)Nc1ccc(Br)c(C(=O)O)c1. The lowest BCUT2D eigenvalue weighted by atomic mass is 10.2. The molecular weight excluding hydrogens is 276 g/mol. The molecule has 0 fully saturated rings. The summed E-state index contributed by atoms with van der Waals surface area (Å²) >= 11 is 3.12. The molecule has 0 aliphatic carbocycles. The average molecular weight is 287 g/mol. The van der Waals surface area contributed by atoms with E-state index in [1.165, 1.54) is 6.07 Å². The number of rotatable bonds is 4. The van der Waals surface area contributed by atoms with E-state index in [4.69, 9.17) is 5.11 Å². The quantitative estimate of drug-likeness (QED) is 0.780. The van der Waals surface area contributed by atoms with E-state index in [9.17, 15) is 9.59 Å². The van der Waals surface area contributed by atoms with Crippen molar-refractivity contribution >= 4 is 33.5 Å². The van der Waals surface area contributed by atoms with E-state index < -0.39 is 5.97 Å². The molecule has 1 aromatic carbocycles. The molecule has 86 valence electrons. The van der Waals surface area contributed by atoms with Crippen molar-refractivity contribution in [1.29, 1.82) is 0 Å². The van der Waals surface area contributed by atoms with Crippen molar-refractivity contribution in [2.45, 2.75) is 0 Å². The maximum atomic E-state index is 11.2. The molecule has 0 aliphatic rings. The van der Waals surface area contributed by atoms with Gasteiger partial charge in [-0.25, -0.2) is 4.79 Å². The highest BCUT2D eigenvalue weighted by atomic mass is 79.9. The molecular formula is C10H11BrN2O3. The summed E-state index contributed by atoms with van der Waals surface area (Å²) < 4.78 is 0.478. The number of carbonyl (C=O) groups is 2. The molecule has 16 heavy (non-hydrogen) atoms. The highest BCUT2D eigenvalue weighted by Gasteiger charge is 2.10. The summed E-state index contributed by atoms with van der Waals surface area (Å²) in [5, 5.41) is 14.2. The highest BCUT2D eigenvalue weighted by Crippen LogP contribution is 2.21. The van der Waals surface area contributed by atoms with Crippen LogP contribution in [0.4, 0.5) is 5.69 Å². The molecule has 0 aliphatic heterocycles. The van der Waals surface area contributed by atoms with Gasteiger partial charge in [0.25, 0.3) is 0 Å². The van der Waals surface area contributed by atoms with Gasteiger partial charge in [0.15, 0.2) is 0 Å². The fraction of sp³-hybridized carbons (Fsp3) is 0.200. The normalized spacial score (nSPS) is 9.88. The summed E-state index contributed by atoms with van der Waals surface area (Å²) in [6, 6.07) is 4.61. The van der Waals surface area contributed by atoms with Crippen LogP contribution in [0.25, 0.3) is 0 Å². The van der Waals surface area contributed by atoms with Gasteiger partial charge < -0.3 is 15.7 Å². The molecule has 0 atom stereocenters. The Balaban J connectivity index is 2.87. The molecule has 3 N–H and O–H groups in total. The van der Waals surface area contributed by atoms with E-state index in [2.05, 4.69) is 26.6 Å². The molecule has 0 unspecified atom stereocenters. The van der Waals surface area contributed by atoms with Gasteiger partial charge in [-0.15, -0.1) is 0 Å². The minimum Gasteiger partial charge on any atom is -0.478 e. The summed E-state index contributed by atoms with van der Waals surface area (Å²) in [7, 11) is 1.66. The number of nitrogens with one attached hydrogen (secondary N) is 2. The standard InChI is InChI=1S/C10H11BrN2O3/c1-12-5-9(14)13-6-2-3-8(11)7(4-6)10(15)16/h2-4,12H,5H2,1H3,(H,13,14)(H,15,16). The Morgan fingerprint density at radius 2 is 2.12 bits per heavy atom. The number of hydrogen-bond donors (Lipinski definition) is 3. The Bertz CT molecular complexity index is 421. The van der Waals surface area contributed by atoms with Crippen molar-refractivity contribution < 1.29 is 14.7 Å². The lowest BCUT2D eigenvalue weighted by Crippen LogP contribution is -2.25. The molecule has 1 aromatic rings. The number of likely N-dealkylation sites (N-methyl/N-ethyl adjacent to an activating group) is 1. The predicted octanol–water partition coefficient (Wildman–Crippen LogP) is 1.31. The first kappa shape index (κ1) is 12.7. The van der Waals surface area contributed by atoms with Crippen LogP contribution in [0.3, 0.4) is 0 Å². The number of carboxylic acids is 1. The molecule has 0 spiro atoms. The van der Waals surface area contributed by atoms with Crippen LogP contribution in [-0.2, 0) is 4.79 Å². The molecule has 5 nitrogen and oxygen atoms in total. The third-order valence-corrected chi connectivity index (χ3v) is 2.51. The number of amides is 1. The Kier molecular flexibility index (Phi) is 4.45. The largest absolute Gasteiger partial charge is 0.478 e. The van der Waals surface area contributed by atoms with Crippen molar-refractivity contribution in [3.05, 3.63) is 28.2 Å². The molecule has 0 saturated carbocycles. The smallest absolute Gasteiger partial charge is 0.336 e. The second-order valence-corrected chi connectivity index (χ2v) is 3.93. The molecule has 6 heteroatoms. The third-order valence-electron chi connectivity index (χ3n) is 1.82. The Morgan fingerprint density at radius 1 is 1.44 bits per heavy atom. The zero-order valence-corrected chi connectivity index (χ0v) is 10.2. The maximum Gasteiger partial charge on any atom is 0.336 e. The monoisotopic (exact) mass is 286 g/mol. The van der Waals surface area contributed by atoms with Crippen LogP contribution in [0.2, 0.25) is 0 Å². The number of aromatic carboxylic acids is 1. The molecule has 0 aromatic heterocycles. The van der Waals surface area contributed by atoms with E-state index in [0.717, 1.165) is 0 Å². The van der Waals surface area contributed by atoms with E-state index in [-0.39, 0.29) is 18.0 Å². The van der Waals surface area contributed by atoms with E-state index in [1.54, 1.807) is 19.2 Å². The molecule has 1 amide bonds. The zero-order valence-electron chi connectivity index (χ0n) is 8.58. The minimum atomic E-state index is -1.04. The van der Waals surface area contributed by atoms with Gasteiger partial charge in [-0.2, -0.15) is 0 Å². The first-order valence-electron chi connectivity index (χ1n) is 4.52. The van der Waals surface area contributed by atoms with Crippen LogP contribution in [0, 0.1) is 0 Å². The van der Waals surface area contributed by atoms with Gasteiger partial charge in [-0.3, -0.25) is 4.79 Å². The first-order valence-corrected chi connectivity index (χ1v) is 5.31. The van der Waals surface area contributed by atoms with E-state index in [0.29, 0.717) is 10.2 Å². The Labute approximate surface area is 101 Å². The van der Waals surface area contributed by atoms with Gasteiger partial charge >= 0.3 is 5.97 Å². The van der Waals surface area contributed by atoms with Crippen LogP contribution in [-0.4, -0.2) is 30.6 Å². The second-order valence-electron chi connectivity index (χ2n) is 3.08. The van der Waals surface area contributed by atoms with Crippen molar-refractivity contribution in [3.63, 3.8) is 0 Å². The fourth-order valence-corrected chi connectivity index (χ4v) is 1.55. The fourth-order valence-electron chi connectivity index (χ4n) is 1.13. The number of carboxylic acid groups (broad SMARTS) is 1. The van der Waals surface area contributed by atoms with Gasteiger partial charge in [0.05, 0.1) is 12.1 Å². The van der Waals surface area contributed by atoms with Crippen molar-refractivity contribution in [3.8, 4) is 0 Å². The Hall–Kier alpha value is -1.40. The summed E-state index contributed by atoms with van der Waals surface area (Å²) in [5.74, 6) is -1.27. The summed E-state index contributed by atoms with van der Waals surface area (Å²) in [4.78, 5) is 22.1. The Morgan fingerprint density at radius 3 is 2.69 bits per heavy atom. The lowest BCUT2D eigenvalue weighted by Gasteiger charge is -2.06. The van der Waals surface area contributed by atoms with Crippen LogP contribution >= 0.6 is 15.9 Å². The van der Waals surface area contributed by atoms with E-state index in [1.807, 2.05) is 0 Å². The zero-order chi connectivity index (χ0) is 12.1. The van der Waals surface area contributed by atoms with Gasteiger partial charge in [-0.1, -0.05) is 0 Å². The number of carbonyl (C=O) groups excluding carboxylic acids is 1. The first-order chi connectivity index (χ1) is 7.54. The summed E-state index contributed by atoms with van der Waals surface area (Å²) in [6.45, 7) is 0.179. The van der Waals surface area contributed by atoms with Gasteiger partial charge in [0.1, 0.15) is 0 Å². The summed E-state index contributed by atoms with van der Waals surface area (Å²) in [5.41, 5.74) is 0.572. The average Bonchev–Trinajstić information content (AvgIpc) is 2.21. The molecule has 0 radical (unpaired) electrons. The van der Waals surface area contributed by atoms with Crippen molar-refractivity contribution in [2.24, 2.45) is 0 Å². The molecule has 1 rings (SSSR count). The van der Waals surface area contributed by atoms with Gasteiger partial charge in [-0.05, 0) is 41.2 Å². The number of benzene rings is 1.